The van der Waals surface area contributed by atoms with Gasteiger partial charge < -0.3 is 9.67 Å². The standard InChI is InChI=1S/C15H18Cl2N2O2/c1-3-9(4-2)15-18-12-7-10(16)11(17)8-13(12)19(15)6-5-14(20)21/h7-9H,3-6H2,1-2H3,(H,20,21). The molecule has 2 rings (SSSR count). The molecule has 0 saturated heterocycles. The zero-order valence-corrected chi connectivity index (χ0v) is 13.6. The van der Waals surface area contributed by atoms with Crippen LogP contribution >= 0.6 is 23.2 Å². The second-order valence-electron chi connectivity index (χ2n) is 5.03. The summed E-state index contributed by atoms with van der Waals surface area (Å²) < 4.78 is 1.96. The SMILES string of the molecule is CCC(CC)c1nc2cc(Cl)c(Cl)cc2n1CCC(=O)O. The normalized spacial score (nSPS) is 11.5. The summed E-state index contributed by atoms with van der Waals surface area (Å²) >= 11 is 12.1. The maximum Gasteiger partial charge on any atom is 0.305 e. The van der Waals surface area contributed by atoms with Crippen LogP contribution in [0.1, 0.15) is 44.9 Å². The van der Waals surface area contributed by atoms with E-state index in [-0.39, 0.29) is 6.42 Å². The van der Waals surface area contributed by atoms with Gasteiger partial charge in [0.15, 0.2) is 0 Å². The minimum Gasteiger partial charge on any atom is -0.481 e. The Morgan fingerprint density at radius 1 is 1.29 bits per heavy atom. The molecule has 1 N–H and O–H groups in total. The van der Waals surface area contributed by atoms with Gasteiger partial charge in [-0.15, -0.1) is 0 Å². The third kappa shape index (κ3) is 3.33. The number of hydrogen-bond acceptors (Lipinski definition) is 2. The Hall–Kier alpha value is -1.26. The minimum absolute atomic E-state index is 0.0544. The van der Waals surface area contributed by atoms with E-state index in [0.717, 1.165) is 29.7 Å². The fourth-order valence-corrected chi connectivity index (χ4v) is 2.86. The predicted molar refractivity (Wildman–Crippen MR) is 85.3 cm³/mol. The molecule has 0 spiro atoms. The van der Waals surface area contributed by atoms with Crippen LogP contribution in [0, 0.1) is 0 Å². The van der Waals surface area contributed by atoms with E-state index in [1.54, 1.807) is 12.1 Å². The Morgan fingerprint density at radius 2 is 1.90 bits per heavy atom. The van der Waals surface area contributed by atoms with Crippen LogP contribution in [0.2, 0.25) is 10.0 Å². The van der Waals surface area contributed by atoms with Crippen molar-refractivity contribution in [1.29, 1.82) is 0 Å². The lowest BCUT2D eigenvalue weighted by Gasteiger charge is -2.15. The molecule has 0 radical (unpaired) electrons. The van der Waals surface area contributed by atoms with Gasteiger partial charge in [0.05, 0.1) is 27.5 Å². The second kappa shape index (κ2) is 6.67. The summed E-state index contributed by atoms with van der Waals surface area (Å²) in [6.07, 6.45) is 1.96. The summed E-state index contributed by atoms with van der Waals surface area (Å²) in [4.78, 5) is 15.6. The fraction of sp³-hybridized carbons (Fsp3) is 0.467. The Kier molecular flexibility index (Phi) is 5.12. The summed E-state index contributed by atoms with van der Waals surface area (Å²) in [7, 11) is 0. The fourth-order valence-electron chi connectivity index (χ4n) is 2.55. The van der Waals surface area contributed by atoms with Crippen molar-refractivity contribution in [3.63, 3.8) is 0 Å². The molecule has 0 aliphatic heterocycles. The van der Waals surface area contributed by atoms with E-state index in [9.17, 15) is 4.79 Å². The number of carboxylic acids is 1. The highest BCUT2D eigenvalue weighted by atomic mass is 35.5. The predicted octanol–water partition coefficient (Wildman–Crippen LogP) is 4.72. The Morgan fingerprint density at radius 3 is 2.48 bits per heavy atom. The van der Waals surface area contributed by atoms with Gasteiger partial charge in [-0.05, 0) is 25.0 Å². The van der Waals surface area contributed by atoms with Crippen molar-refractivity contribution >= 4 is 40.2 Å². The zero-order valence-electron chi connectivity index (χ0n) is 12.1. The maximum atomic E-state index is 10.9. The van der Waals surface area contributed by atoms with Gasteiger partial charge in [0.1, 0.15) is 5.82 Å². The van der Waals surface area contributed by atoms with E-state index < -0.39 is 5.97 Å². The minimum atomic E-state index is -0.826. The molecule has 0 unspecified atom stereocenters. The first-order chi connectivity index (χ1) is 9.97. The van der Waals surface area contributed by atoms with Gasteiger partial charge in [0, 0.05) is 12.5 Å². The summed E-state index contributed by atoms with van der Waals surface area (Å²) in [6.45, 7) is 4.60. The van der Waals surface area contributed by atoms with E-state index in [2.05, 4.69) is 18.8 Å². The van der Waals surface area contributed by atoms with Crippen LogP contribution in [0.25, 0.3) is 11.0 Å². The molecule has 4 nitrogen and oxygen atoms in total. The number of carbonyl (C=O) groups is 1. The highest BCUT2D eigenvalue weighted by molar-refractivity contribution is 6.42. The van der Waals surface area contributed by atoms with E-state index in [0.29, 0.717) is 22.5 Å². The van der Waals surface area contributed by atoms with Crippen LogP contribution < -0.4 is 0 Å². The second-order valence-corrected chi connectivity index (χ2v) is 5.85. The molecule has 1 aromatic carbocycles. The van der Waals surface area contributed by atoms with Crippen molar-refractivity contribution in [3.05, 3.63) is 28.0 Å². The van der Waals surface area contributed by atoms with Gasteiger partial charge in [-0.25, -0.2) is 4.98 Å². The largest absolute Gasteiger partial charge is 0.481 e. The third-order valence-electron chi connectivity index (χ3n) is 3.72. The number of hydrogen-bond donors (Lipinski definition) is 1. The average Bonchev–Trinajstić information content (AvgIpc) is 2.76. The van der Waals surface area contributed by atoms with Crippen molar-refractivity contribution in [1.82, 2.24) is 9.55 Å². The molecule has 1 heterocycles. The summed E-state index contributed by atoms with van der Waals surface area (Å²) in [5, 5.41) is 9.86. The van der Waals surface area contributed by atoms with Crippen molar-refractivity contribution < 1.29 is 9.90 Å². The first kappa shape index (κ1) is 16.1. The molecule has 0 aliphatic rings. The van der Waals surface area contributed by atoms with Gasteiger partial charge in [0.25, 0.3) is 0 Å². The number of aryl methyl sites for hydroxylation is 1. The number of nitrogens with zero attached hydrogens (tertiary/aromatic N) is 2. The molecule has 114 valence electrons. The molecular formula is C15H18Cl2N2O2. The first-order valence-corrected chi connectivity index (χ1v) is 7.80. The zero-order chi connectivity index (χ0) is 15.6. The Balaban J connectivity index is 2.59. The van der Waals surface area contributed by atoms with Gasteiger partial charge in [-0.2, -0.15) is 0 Å². The first-order valence-electron chi connectivity index (χ1n) is 7.04. The molecule has 0 aliphatic carbocycles. The van der Waals surface area contributed by atoms with Gasteiger partial charge in [0.2, 0.25) is 0 Å². The number of halogens is 2. The van der Waals surface area contributed by atoms with Crippen LogP contribution in [0.3, 0.4) is 0 Å². The molecule has 0 fully saturated rings. The number of benzene rings is 1. The van der Waals surface area contributed by atoms with E-state index >= 15 is 0 Å². The van der Waals surface area contributed by atoms with Crippen molar-refractivity contribution in [3.8, 4) is 0 Å². The van der Waals surface area contributed by atoms with Crippen LogP contribution in [0.5, 0.6) is 0 Å². The molecule has 2 aromatic rings. The van der Waals surface area contributed by atoms with Crippen molar-refractivity contribution in [2.75, 3.05) is 0 Å². The summed E-state index contributed by atoms with van der Waals surface area (Å²) in [6, 6.07) is 3.50. The highest BCUT2D eigenvalue weighted by Crippen LogP contribution is 2.32. The molecule has 0 atom stereocenters. The molecule has 0 bridgehead atoms. The number of aliphatic carboxylic acids is 1. The highest BCUT2D eigenvalue weighted by Gasteiger charge is 2.19. The van der Waals surface area contributed by atoms with Gasteiger partial charge in [-0.1, -0.05) is 37.0 Å². The molecule has 6 heteroatoms. The average molecular weight is 329 g/mol. The van der Waals surface area contributed by atoms with E-state index in [1.807, 2.05) is 4.57 Å². The lowest BCUT2D eigenvalue weighted by molar-refractivity contribution is -0.137. The molecular weight excluding hydrogens is 311 g/mol. The van der Waals surface area contributed by atoms with E-state index in [4.69, 9.17) is 28.3 Å². The monoisotopic (exact) mass is 328 g/mol. The van der Waals surface area contributed by atoms with E-state index in [1.165, 1.54) is 0 Å². The van der Waals surface area contributed by atoms with Gasteiger partial charge in [-0.3, -0.25) is 4.79 Å². The van der Waals surface area contributed by atoms with Gasteiger partial charge >= 0.3 is 5.97 Å². The maximum absolute atomic E-state index is 10.9. The van der Waals surface area contributed by atoms with Crippen LogP contribution in [-0.4, -0.2) is 20.6 Å². The molecule has 1 aromatic heterocycles. The molecule has 0 saturated carbocycles. The van der Waals surface area contributed by atoms with Crippen LogP contribution in [0.15, 0.2) is 12.1 Å². The van der Waals surface area contributed by atoms with Crippen molar-refractivity contribution in [2.45, 2.75) is 45.6 Å². The lowest BCUT2D eigenvalue weighted by atomic mass is 10.0. The van der Waals surface area contributed by atoms with Crippen LogP contribution in [0.4, 0.5) is 0 Å². The summed E-state index contributed by atoms with van der Waals surface area (Å²) in [5.74, 6) is 0.380. The quantitative estimate of drug-likeness (QED) is 0.834. The molecule has 0 amide bonds. The van der Waals surface area contributed by atoms with Crippen molar-refractivity contribution in [2.24, 2.45) is 0 Å². The number of imidazole rings is 1. The smallest absolute Gasteiger partial charge is 0.305 e. The van der Waals surface area contributed by atoms with Crippen LogP contribution in [-0.2, 0) is 11.3 Å². The number of carboxylic acid groups (broad SMARTS) is 1. The third-order valence-corrected chi connectivity index (χ3v) is 4.44. The Bertz CT molecular complexity index is 663. The number of fused-ring (bicyclic) bond motifs is 1. The summed E-state index contributed by atoms with van der Waals surface area (Å²) in [5.41, 5.74) is 1.60. The lowest BCUT2D eigenvalue weighted by Crippen LogP contribution is -2.11. The molecule has 21 heavy (non-hydrogen) atoms. The number of aromatic nitrogens is 2. The number of rotatable bonds is 6. The topological polar surface area (TPSA) is 55.1 Å². The Labute approximate surface area is 133 Å².